The summed E-state index contributed by atoms with van der Waals surface area (Å²) in [6.07, 6.45) is 8.30. The quantitative estimate of drug-likeness (QED) is 0.591. The summed E-state index contributed by atoms with van der Waals surface area (Å²) >= 11 is 6.70. The van der Waals surface area contributed by atoms with Crippen LogP contribution in [0.5, 0.6) is 5.75 Å². The van der Waals surface area contributed by atoms with Gasteiger partial charge in [-0.3, -0.25) is 4.90 Å². The third kappa shape index (κ3) is 3.84. The van der Waals surface area contributed by atoms with E-state index in [0.29, 0.717) is 11.6 Å². The zero-order valence-electron chi connectivity index (χ0n) is 17.7. The second-order valence-corrected chi connectivity index (χ2v) is 9.19. The lowest BCUT2D eigenvalue weighted by Gasteiger charge is -2.36. The molecule has 0 atom stereocenters. The number of hydrogen-bond acceptors (Lipinski definition) is 3. The van der Waals surface area contributed by atoms with Gasteiger partial charge in [-0.1, -0.05) is 17.7 Å². The predicted molar refractivity (Wildman–Crippen MR) is 123 cm³/mol. The van der Waals surface area contributed by atoms with Crippen molar-refractivity contribution in [3.05, 3.63) is 82.9 Å². The summed E-state index contributed by atoms with van der Waals surface area (Å²) in [7, 11) is 0. The third-order valence-electron chi connectivity index (χ3n) is 6.09. The molecule has 0 unspecified atom stereocenters. The van der Waals surface area contributed by atoms with E-state index < -0.39 is 0 Å². The number of nitrogens with zero attached hydrogens (tertiary/aromatic N) is 2. The van der Waals surface area contributed by atoms with Crippen molar-refractivity contribution < 1.29 is 9.13 Å². The molecule has 1 N–H and O–H groups in total. The van der Waals surface area contributed by atoms with Crippen molar-refractivity contribution in [3.63, 3.8) is 0 Å². The molecule has 31 heavy (non-hydrogen) atoms. The van der Waals surface area contributed by atoms with E-state index in [9.17, 15) is 4.39 Å². The third-order valence-corrected chi connectivity index (χ3v) is 6.37. The highest BCUT2D eigenvalue weighted by atomic mass is 35.5. The first-order chi connectivity index (χ1) is 14.9. The summed E-state index contributed by atoms with van der Waals surface area (Å²) in [5, 5.41) is 4.65. The van der Waals surface area contributed by atoms with Crippen molar-refractivity contribution in [3.8, 4) is 11.4 Å². The smallest absolute Gasteiger partial charge is 0.142 e. The molecule has 0 spiro atoms. The van der Waals surface area contributed by atoms with Crippen molar-refractivity contribution in [1.29, 1.82) is 0 Å². The zero-order valence-corrected chi connectivity index (χ0v) is 18.4. The molecule has 5 rings (SSSR count). The Labute approximate surface area is 186 Å². The summed E-state index contributed by atoms with van der Waals surface area (Å²) in [5.41, 5.74) is 4.06. The average Bonchev–Trinajstić information content (AvgIpc) is 3.10. The topological polar surface area (TPSA) is 29.4 Å². The van der Waals surface area contributed by atoms with Crippen molar-refractivity contribution >= 4 is 22.5 Å². The lowest BCUT2D eigenvalue weighted by atomic mass is 10.0. The molecule has 160 valence electrons. The maximum absolute atomic E-state index is 13.6. The van der Waals surface area contributed by atoms with E-state index in [1.54, 1.807) is 12.1 Å². The molecule has 0 fully saturated rings. The summed E-state index contributed by atoms with van der Waals surface area (Å²) in [5.74, 6) is 0.510. The van der Waals surface area contributed by atoms with Gasteiger partial charge >= 0.3 is 0 Å². The lowest BCUT2D eigenvalue weighted by Crippen LogP contribution is -2.47. The Morgan fingerprint density at radius 2 is 2.06 bits per heavy atom. The highest BCUT2D eigenvalue weighted by Crippen LogP contribution is 2.38. The van der Waals surface area contributed by atoms with Gasteiger partial charge in [-0.2, -0.15) is 0 Å². The van der Waals surface area contributed by atoms with E-state index in [1.807, 2.05) is 29.1 Å². The number of dihydropyridines is 1. The summed E-state index contributed by atoms with van der Waals surface area (Å²) in [6.45, 7) is 7.37. The SMILES string of the molecule is CC1(C)COc2c(Cl)cc(-n3ccc4cc(F)ccc43)cc2CN1CC1=CCNC=C1. The molecule has 3 aromatic rings. The zero-order chi connectivity index (χ0) is 21.6. The maximum atomic E-state index is 13.6. The maximum Gasteiger partial charge on any atom is 0.142 e. The number of hydrogen-bond donors (Lipinski definition) is 1. The second-order valence-electron chi connectivity index (χ2n) is 8.78. The second kappa shape index (κ2) is 7.74. The van der Waals surface area contributed by atoms with Crippen LogP contribution in [0.25, 0.3) is 16.6 Å². The number of aromatic nitrogens is 1. The number of halogens is 2. The fourth-order valence-electron chi connectivity index (χ4n) is 4.25. The van der Waals surface area contributed by atoms with Gasteiger partial charge in [0.25, 0.3) is 0 Å². The van der Waals surface area contributed by atoms with Gasteiger partial charge < -0.3 is 14.6 Å². The van der Waals surface area contributed by atoms with Crippen LogP contribution in [-0.2, 0) is 6.54 Å². The normalized spacial score (nSPS) is 18.1. The molecule has 2 aliphatic rings. The monoisotopic (exact) mass is 437 g/mol. The van der Waals surface area contributed by atoms with Crippen molar-refractivity contribution in [1.82, 2.24) is 14.8 Å². The van der Waals surface area contributed by atoms with E-state index >= 15 is 0 Å². The minimum absolute atomic E-state index is 0.153. The highest BCUT2D eigenvalue weighted by molar-refractivity contribution is 6.32. The van der Waals surface area contributed by atoms with Crippen molar-refractivity contribution in [2.45, 2.75) is 25.9 Å². The Bertz CT molecular complexity index is 1210. The van der Waals surface area contributed by atoms with Crippen LogP contribution >= 0.6 is 11.6 Å². The number of benzene rings is 2. The van der Waals surface area contributed by atoms with Crippen LogP contribution in [0.1, 0.15) is 19.4 Å². The summed E-state index contributed by atoms with van der Waals surface area (Å²) in [6, 6.07) is 10.8. The molecular weight excluding hydrogens is 413 g/mol. The molecule has 2 aromatic carbocycles. The minimum atomic E-state index is -0.238. The first-order valence-electron chi connectivity index (χ1n) is 10.5. The number of nitrogens with one attached hydrogen (secondary N) is 1. The van der Waals surface area contributed by atoms with E-state index in [4.69, 9.17) is 16.3 Å². The number of ether oxygens (including phenoxy) is 1. The van der Waals surface area contributed by atoms with Gasteiger partial charge in [0.2, 0.25) is 0 Å². The van der Waals surface area contributed by atoms with E-state index in [2.05, 4.69) is 42.3 Å². The number of fused-ring (bicyclic) bond motifs is 2. The summed E-state index contributed by atoms with van der Waals surface area (Å²) in [4.78, 5) is 2.43. The van der Waals surface area contributed by atoms with Gasteiger partial charge in [-0.15, -0.1) is 0 Å². The Kier molecular flexibility index (Phi) is 5.03. The average molecular weight is 438 g/mol. The molecule has 0 saturated heterocycles. The first kappa shape index (κ1) is 20.2. The van der Waals surface area contributed by atoms with Crippen molar-refractivity contribution in [2.75, 3.05) is 19.7 Å². The summed E-state index contributed by atoms with van der Waals surface area (Å²) < 4.78 is 21.9. The van der Waals surface area contributed by atoms with Gasteiger partial charge in [0.15, 0.2) is 0 Å². The Hall–Kier alpha value is -2.76. The van der Waals surface area contributed by atoms with Crippen LogP contribution < -0.4 is 10.1 Å². The van der Waals surface area contributed by atoms with E-state index in [0.717, 1.165) is 47.5 Å². The van der Waals surface area contributed by atoms with Gasteiger partial charge in [-0.05, 0) is 68.1 Å². The predicted octanol–water partition coefficient (Wildman–Crippen LogP) is 5.44. The molecule has 0 amide bonds. The van der Waals surface area contributed by atoms with Crippen LogP contribution in [0.2, 0.25) is 5.02 Å². The molecule has 0 bridgehead atoms. The van der Waals surface area contributed by atoms with E-state index in [-0.39, 0.29) is 11.4 Å². The van der Waals surface area contributed by atoms with Gasteiger partial charge in [0.1, 0.15) is 18.2 Å². The van der Waals surface area contributed by atoms with Crippen LogP contribution in [0, 0.1) is 5.82 Å². The Morgan fingerprint density at radius 3 is 2.87 bits per heavy atom. The van der Waals surface area contributed by atoms with Gasteiger partial charge in [0.05, 0.1) is 16.1 Å². The van der Waals surface area contributed by atoms with E-state index in [1.165, 1.54) is 11.6 Å². The van der Waals surface area contributed by atoms with Crippen LogP contribution in [0.4, 0.5) is 4.39 Å². The molecule has 1 aromatic heterocycles. The molecule has 0 aliphatic carbocycles. The Balaban J connectivity index is 1.54. The fourth-order valence-corrected chi connectivity index (χ4v) is 4.54. The van der Waals surface area contributed by atoms with Crippen LogP contribution in [0.3, 0.4) is 0 Å². The largest absolute Gasteiger partial charge is 0.490 e. The molecule has 0 saturated carbocycles. The number of rotatable bonds is 3. The molecular formula is C25H25ClFN3O. The molecule has 6 heteroatoms. The lowest BCUT2D eigenvalue weighted by molar-refractivity contribution is 0.0849. The van der Waals surface area contributed by atoms with Crippen LogP contribution in [0.15, 0.2) is 66.5 Å². The fraction of sp³-hybridized carbons (Fsp3) is 0.280. The van der Waals surface area contributed by atoms with Gasteiger partial charge in [-0.25, -0.2) is 4.39 Å². The molecule has 3 heterocycles. The first-order valence-corrected chi connectivity index (χ1v) is 10.8. The molecule has 4 nitrogen and oxygen atoms in total. The van der Waals surface area contributed by atoms with Crippen LogP contribution in [-0.4, -0.2) is 34.7 Å². The van der Waals surface area contributed by atoms with Gasteiger partial charge in [0, 0.05) is 42.5 Å². The molecule has 0 radical (unpaired) electrons. The highest BCUT2D eigenvalue weighted by Gasteiger charge is 2.33. The van der Waals surface area contributed by atoms with Crippen molar-refractivity contribution in [2.24, 2.45) is 0 Å². The standard InChI is InChI=1S/C25H25ClFN3O/c1-25(2)16-31-24-19(15-29(25)14-17-5-8-28-9-6-17)12-21(13-22(24)26)30-10-7-18-11-20(27)3-4-23(18)30/h3-8,10-13,28H,9,14-16H2,1-2H3. The minimum Gasteiger partial charge on any atom is -0.490 e. The Morgan fingerprint density at radius 1 is 1.19 bits per heavy atom. The molecule has 2 aliphatic heterocycles.